The predicted molar refractivity (Wildman–Crippen MR) is 106 cm³/mol. The topological polar surface area (TPSA) is 99.5 Å². The molecule has 0 aliphatic rings. The van der Waals surface area contributed by atoms with Gasteiger partial charge in [0.25, 0.3) is 5.91 Å². The highest BCUT2D eigenvalue weighted by Crippen LogP contribution is 2.19. The van der Waals surface area contributed by atoms with E-state index >= 15 is 0 Å². The van der Waals surface area contributed by atoms with Crippen LogP contribution < -0.4 is 10.1 Å². The number of nitrogens with zero attached hydrogens (tertiary/aromatic N) is 2. The standard InChI is InChI=1S/C20H23N3O4S/c1-4-23(5-2)28(25,26)19-12-8-17(9-13-19)22-20(24)15(3)27-18-10-6-16(14-21)7-11-18/h6-13,15H,4-5H2,1-3H3,(H,22,24). The molecule has 0 aromatic heterocycles. The minimum atomic E-state index is -3.54. The highest BCUT2D eigenvalue weighted by molar-refractivity contribution is 7.89. The average molecular weight is 401 g/mol. The first-order chi connectivity index (χ1) is 13.3. The van der Waals surface area contributed by atoms with Gasteiger partial charge in [-0.2, -0.15) is 9.57 Å². The van der Waals surface area contributed by atoms with Gasteiger partial charge in [0, 0.05) is 18.8 Å². The van der Waals surface area contributed by atoms with Crippen LogP contribution in [0.25, 0.3) is 0 Å². The van der Waals surface area contributed by atoms with Gasteiger partial charge in [0.05, 0.1) is 16.5 Å². The van der Waals surface area contributed by atoms with Crippen molar-refractivity contribution in [3.05, 3.63) is 54.1 Å². The maximum absolute atomic E-state index is 12.5. The minimum absolute atomic E-state index is 0.177. The van der Waals surface area contributed by atoms with E-state index in [2.05, 4.69) is 5.32 Å². The lowest BCUT2D eigenvalue weighted by molar-refractivity contribution is -0.122. The van der Waals surface area contributed by atoms with Crippen molar-refractivity contribution < 1.29 is 17.9 Å². The highest BCUT2D eigenvalue weighted by atomic mass is 32.2. The van der Waals surface area contributed by atoms with E-state index < -0.39 is 16.1 Å². The fourth-order valence-electron chi connectivity index (χ4n) is 2.53. The molecule has 148 valence electrons. The van der Waals surface area contributed by atoms with E-state index in [1.165, 1.54) is 16.4 Å². The van der Waals surface area contributed by atoms with Gasteiger partial charge < -0.3 is 10.1 Å². The van der Waals surface area contributed by atoms with Gasteiger partial charge in [0.15, 0.2) is 6.10 Å². The highest BCUT2D eigenvalue weighted by Gasteiger charge is 2.21. The Morgan fingerprint density at radius 1 is 1.11 bits per heavy atom. The first-order valence-corrected chi connectivity index (χ1v) is 10.3. The first kappa shape index (κ1) is 21.4. The van der Waals surface area contributed by atoms with Gasteiger partial charge in [-0.1, -0.05) is 13.8 Å². The molecule has 7 nitrogen and oxygen atoms in total. The summed E-state index contributed by atoms with van der Waals surface area (Å²) in [6, 6.07) is 14.5. The van der Waals surface area contributed by atoms with Crippen LogP contribution in [0.2, 0.25) is 0 Å². The van der Waals surface area contributed by atoms with Crippen LogP contribution in [0.3, 0.4) is 0 Å². The van der Waals surface area contributed by atoms with Gasteiger partial charge in [-0.25, -0.2) is 8.42 Å². The zero-order chi connectivity index (χ0) is 20.7. The Labute approximate surface area is 165 Å². The third-order valence-corrected chi connectivity index (χ3v) is 6.19. The largest absolute Gasteiger partial charge is 0.481 e. The molecule has 1 amide bonds. The zero-order valence-electron chi connectivity index (χ0n) is 16.0. The van der Waals surface area contributed by atoms with Crippen molar-refractivity contribution in [3.8, 4) is 11.8 Å². The zero-order valence-corrected chi connectivity index (χ0v) is 16.9. The second-order valence-corrected chi connectivity index (χ2v) is 7.94. The monoisotopic (exact) mass is 401 g/mol. The van der Waals surface area contributed by atoms with E-state index in [1.807, 2.05) is 6.07 Å². The number of carbonyl (C=O) groups excluding carboxylic acids is 1. The average Bonchev–Trinajstić information content (AvgIpc) is 2.69. The SMILES string of the molecule is CCN(CC)S(=O)(=O)c1ccc(NC(=O)C(C)Oc2ccc(C#N)cc2)cc1. The van der Waals surface area contributed by atoms with Gasteiger partial charge in [-0.3, -0.25) is 4.79 Å². The van der Waals surface area contributed by atoms with Crippen molar-refractivity contribution in [1.82, 2.24) is 4.31 Å². The quantitative estimate of drug-likeness (QED) is 0.733. The van der Waals surface area contributed by atoms with Crippen molar-refractivity contribution in [2.24, 2.45) is 0 Å². The molecule has 0 spiro atoms. The molecule has 0 bridgehead atoms. The number of amides is 1. The van der Waals surface area contributed by atoms with Crippen molar-refractivity contribution in [3.63, 3.8) is 0 Å². The summed E-state index contributed by atoms with van der Waals surface area (Å²) >= 11 is 0. The summed E-state index contributed by atoms with van der Waals surface area (Å²) in [6.45, 7) is 5.95. The van der Waals surface area contributed by atoms with E-state index in [9.17, 15) is 13.2 Å². The van der Waals surface area contributed by atoms with Gasteiger partial charge in [-0.15, -0.1) is 0 Å². The smallest absolute Gasteiger partial charge is 0.265 e. The van der Waals surface area contributed by atoms with E-state index in [0.29, 0.717) is 30.1 Å². The molecule has 1 atom stereocenters. The van der Waals surface area contributed by atoms with Gasteiger partial charge in [0.2, 0.25) is 10.0 Å². The Morgan fingerprint density at radius 2 is 1.68 bits per heavy atom. The second kappa shape index (κ2) is 9.35. The molecule has 2 aromatic rings. The van der Waals surface area contributed by atoms with Crippen LogP contribution in [-0.2, 0) is 14.8 Å². The van der Waals surface area contributed by atoms with Crippen molar-refractivity contribution in [1.29, 1.82) is 5.26 Å². The summed E-state index contributed by atoms with van der Waals surface area (Å²) in [6.07, 6.45) is -0.771. The van der Waals surface area contributed by atoms with E-state index in [1.54, 1.807) is 57.2 Å². The maximum atomic E-state index is 12.5. The number of nitriles is 1. The summed E-state index contributed by atoms with van der Waals surface area (Å²) in [5.41, 5.74) is 0.975. The molecule has 8 heteroatoms. The normalized spacial score (nSPS) is 12.2. The fourth-order valence-corrected chi connectivity index (χ4v) is 3.99. The number of hydrogen-bond donors (Lipinski definition) is 1. The third-order valence-electron chi connectivity index (χ3n) is 4.13. The molecular weight excluding hydrogens is 378 g/mol. The van der Waals surface area contributed by atoms with Gasteiger partial charge in [0.1, 0.15) is 5.75 Å². The molecule has 0 radical (unpaired) electrons. The number of hydrogen-bond acceptors (Lipinski definition) is 5. The molecule has 0 aliphatic heterocycles. The minimum Gasteiger partial charge on any atom is -0.481 e. The molecular formula is C20H23N3O4S. The summed E-state index contributed by atoms with van der Waals surface area (Å²) in [5.74, 6) is 0.103. The summed E-state index contributed by atoms with van der Waals surface area (Å²) in [5, 5.41) is 11.5. The molecule has 28 heavy (non-hydrogen) atoms. The Morgan fingerprint density at radius 3 is 2.18 bits per heavy atom. The van der Waals surface area contributed by atoms with Crippen molar-refractivity contribution in [2.45, 2.75) is 31.8 Å². The molecule has 2 aromatic carbocycles. The van der Waals surface area contributed by atoms with Crippen LogP contribution >= 0.6 is 0 Å². The van der Waals surface area contributed by atoms with Crippen molar-refractivity contribution >= 4 is 21.6 Å². The second-order valence-electron chi connectivity index (χ2n) is 6.00. The maximum Gasteiger partial charge on any atom is 0.265 e. The lowest BCUT2D eigenvalue weighted by atomic mass is 10.2. The summed E-state index contributed by atoms with van der Waals surface area (Å²) in [4.78, 5) is 12.5. The Kier molecular flexibility index (Phi) is 7.15. The van der Waals surface area contributed by atoms with Crippen LogP contribution in [0.4, 0.5) is 5.69 Å². The van der Waals surface area contributed by atoms with E-state index in [0.717, 1.165) is 0 Å². The summed E-state index contributed by atoms with van der Waals surface area (Å²) < 4.78 is 31.9. The van der Waals surface area contributed by atoms with Crippen LogP contribution in [0, 0.1) is 11.3 Å². The van der Waals surface area contributed by atoms with E-state index in [-0.39, 0.29) is 10.8 Å². The fraction of sp³-hybridized carbons (Fsp3) is 0.300. The molecule has 0 heterocycles. The lowest BCUT2D eigenvalue weighted by Gasteiger charge is -2.19. The van der Waals surface area contributed by atoms with Crippen LogP contribution in [0.5, 0.6) is 5.75 Å². The first-order valence-electron chi connectivity index (χ1n) is 8.89. The number of carbonyl (C=O) groups is 1. The lowest BCUT2D eigenvalue weighted by Crippen LogP contribution is -2.31. The predicted octanol–water partition coefficient (Wildman–Crippen LogP) is 2.99. The van der Waals surface area contributed by atoms with Gasteiger partial charge in [-0.05, 0) is 55.5 Å². The number of ether oxygens (including phenoxy) is 1. The third kappa shape index (κ3) is 5.09. The number of anilines is 1. The molecule has 1 unspecified atom stereocenters. The molecule has 1 N–H and O–H groups in total. The van der Waals surface area contributed by atoms with Crippen LogP contribution in [-0.4, -0.2) is 37.8 Å². The Bertz CT molecular complexity index is 944. The summed E-state index contributed by atoms with van der Waals surface area (Å²) in [7, 11) is -3.54. The number of rotatable bonds is 8. The Hall–Kier alpha value is -2.89. The molecule has 0 saturated heterocycles. The molecule has 0 fully saturated rings. The molecule has 0 aliphatic carbocycles. The van der Waals surface area contributed by atoms with E-state index in [4.69, 9.17) is 10.00 Å². The van der Waals surface area contributed by atoms with Crippen LogP contribution in [0.15, 0.2) is 53.4 Å². The molecule has 0 saturated carbocycles. The molecule has 2 rings (SSSR count). The number of nitrogens with one attached hydrogen (secondary N) is 1. The van der Waals surface area contributed by atoms with Crippen LogP contribution in [0.1, 0.15) is 26.3 Å². The number of sulfonamides is 1. The Balaban J connectivity index is 2.02. The number of benzene rings is 2. The van der Waals surface area contributed by atoms with Gasteiger partial charge >= 0.3 is 0 Å². The van der Waals surface area contributed by atoms with Crippen molar-refractivity contribution in [2.75, 3.05) is 18.4 Å².